The third kappa shape index (κ3) is 3.07. The highest BCUT2D eigenvalue weighted by molar-refractivity contribution is 6.05. The summed E-state index contributed by atoms with van der Waals surface area (Å²) in [4.78, 5) is 36.9. The van der Waals surface area contributed by atoms with Crippen molar-refractivity contribution in [2.75, 3.05) is 19.7 Å². The number of imide groups is 1. The maximum absolute atomic E-state index is 12.1. The highest BCUT2D eigenvalue weighted by Gasteiger charge is 2.46. The molecule has 1 aliphatic carbocycles. The van der Waals surface area contributed by atoms with Crippen LogP contribution < -0.4 is 5.32 Å². The molecule has 0 unspecified atom stereocenters. The Balaban J connectivity index is 1.80. The number of hydrogen-bond acceptors (Lipinski definition) is 4. The zero-order valence-electron chi connectivity index (χ0n) is 11.4. The van der Waals surface area contributed by atoms with E-state index >= 15 is 0 Å². The number of likely N-dealkylation sites (tertiary alicyclic amines) is 1. The summed E-state index contributed by atoms with van der Waals surface area (Å²) in [6, 6.07) is 0. The van der Waals surface area contributed by atoms with Crippen molar-refractivity contribution in [3.05, 3.63) is 12.2 Å². The predicted octanol–water partition coefficient (Wildman–Crippen LogP) is -0.174. The Bertz CT molecular complexity index is 407. The van der Waals surface area contributed by atoms with E-state index in [0.29, 0.717) is 25.8 Å². The molecule has 6 nitrogen and oxygen atoms in total. The molecule has 1 fully saturated rings. The lowest BCUT2D eigenvalue weighted by atomic mass is 9.85. The minimum absolute atomic E-state index is 0.0921. The average molecular weight is 280 g/mol. The first-order chi connectivity index (χ1) is 9.65. The van der Waals surface area contributed by atoms with E-state index in [4.69, 9.17) is 5.11 Å². The Morgan fingerprint density at radius 2 is 1.85 bits per heavy atom. The Labute approximate surface area is 117 Å². The van der Waals surface area contributed by atoms with Crippen LogP contribution in [0, 0.1) is 11.8 Å². The van der Waals surface area contributed by atoms with Crippen LogP contribution in [0.3, 0.4) is 0 Å². The Hall–Kier alpha value is -1.69. The van der Waals surface area contributed by atoms with Crippen LogP contribution in [0.2, 0.25) is 0 Å². The van der Waals surface area contributed by atoms with Gasteiger partial charge in [0.2, 0.25) is 17.7 Å². The number of aliphatic hydroxyl groups is 1. The van der Waals surface area contributed by atoms with Crippen LogP contribution in [0.1, 0.15) is 25.7 Å². The lowest BCUT2D eigenvalue weighted by molar-refractivity contribution is -0.140. The number of rotatable bonds is 6. The van der Waals surface area contributed by atoms with Gasteiger partial charge in [-0.25, -0.2) is 0 Å². The fraction of sp³-hybridized carbons (Fsp3) is 0.643. The van der Waals surface area contributed by atoms with E-state index in [9.17, 15) is 14.4 Å². The van der Waals surface area contributed by atoms with Crippen LogP contribution in [0.4, 0.5) is 0 Å². The molecule has 110 valence electrons. The third-order valence-electron chi connectivity index (χ3n) is 3.82. The molecule has 2 atom stereocenters. The first-order valence-corrected chi connectivity index (χ1v) is 7.03. The van der Waals surface area contributed by atoms with Crippen LogP contribution in [-0.4, -0.2) is 47.4 Å². The molecule has 2 N–H and O–H groups in total. The quantitative estimate of drug-likeness (QED) is 0.522. The highest BCUT2D eigenvalue weighted by Crippen LogP contribution is 2.34. The van der Waals surface area contributed by atoms with Gasteiger partial charge in [0.05, 0.1) is 18.4 Å². The van der Waals surface area contributed by atoms with Gasteiger partial charge < -0.3 is 10.4 Å². The van der Waals surface area contributed by atoms with Crippen molar-refractivity contribution in [1.29, 1.82) is 0 Å². The van der Waals surface area contributed by atoms with Crippen molar-refractivity contribution in [3.63, 3.8) is 0 Å². The van der Waals surface area contributed by atoms with Crippen LogP contribution in [0.5, 0.6) is 0 Å². The van der Waals surface area contributed by atoms with Gasteiger partial charge in [-0.3, -0.25) is 19.3 Å². The minimum atomic E-state index is -0.198. The lowest BCUT2D eigenvalue weighted by Crippen LogP contribution is -2.33. The topological polar surface area (TPSA) is 86.7 Å². The summed E-state index contributed by atoms with van der Waals surface area (Å²) in [7, 11) is 0. The summed E-state index contributed by atoms with van der Waals surface area (Å²) in [6.07, 6.45) is 5.91. The third-order valence-corrected chi connectivity index (χ3v) is 3.82. The normalized spacial score (nSPS) is 24.9. The monoisotopic (exact) mass is 280 g/mol. The smallest absolute Gasteiger partial charge is 0.233 e. The Morgan fingerprint density at radius 3 is 2.40 bits per heavy atom. The van der Waals surface area contributed by atoms with Crippen molar-refractivity contribution >= 4 is 17.7 Å². The van der Waals surface area contributed by atoms with Gasteiger partial charge in [-0.15, -0.1) is 0 Å². The number of aliphatic hydroxyl groups excluding tert-OH is 1. The molecule has 0 bridgehead atoms. The SMILES string of the molecule is O=C(CCCN1C(=O)[C@H]2CC=CC[C@@H]2C1=O)NCCO. The minimum Gasteiger partial charge on any atom is -0.395 e. The second-order valence-electron chi connectivity index (χ2n) is 5.16. The molecular formula is C14H20N2O4. The largest absolute Gasteiger partial charge is 0.395 e. The number of carbonyl (C=O) groups is 3. The van der Waals surface area contributed by atoms with E-state index < -0.39 is 0 Å². The number of fused-ring (bicyclic) bond motifs is 1. The summed E-state index contributed by atoms with van der Waals surface area (Å²) in [5.74, 6) is -0.760. The maximum atomic E-state index is 12.1. The van der Waals surface area contributed by atoms with E-state index in [1.54, 1.807) is 0 Å². The molecule has 3 amide bonds. The molecule has 20 heavy (non-hydrogen) atoms. The second kappa shape index (κ2) is 6.65. The van der Waals surface area contributed by atoms with Crippen molar-refractivity contribution in [2.45, 2.75) is 25.7 Å². The molecule has 0 saturated carbocycles. The summed E-state index contributed by atoms with van der Waals surface area (Å²) in [5, 5.41) is 11.1. The van der Waals surface area contributed by atoms with Crippen LogP contribution in [0.15, 0.2) is 12.2 Å². The highest BCUT2D eigenvalue weighted by atomic mass is 16.3. The van der Waals surface area contributed by atoms with E-state index in [1.165, 1.54) is 4.90 Å². The summed E-state index contributed by atoms with van der Waals surface area (Å²) >= 11 is 0. The van der Waals surface area contributed by atoms with E-state index in [2.05, 4.69) is 5.32 Å². The molecule has 0 spiro atoms. The molecule has 0 aromatic carbocycles. The van der Waals surface area contributed by atoms with Crippen molar-refractivity contribution < 1.29 is 19.5 Å². The molecule has 2 aliphatic rings. The fourth-order valence-corrected chi connectivity index (χ4v) is 2.77. The molecule has 2 rings (SSSR count). The molecule has 1 aliphatic heterocycles. The first kappa shape index (κ1) is 14.7. The number of carbonyl (C=O) groups excluding carboxylic acids is 3. The zero-order valence-corrected chi connectivity index (χ0v) is 11.4. The standard InChI is InChI=1S/C14H20N2O4/c17-9-7-15-12(18)6-3-8-16-13(19)10-4-1-2-5-11(10)14(16)20/h1-2,10-11,17H,3-9H2,(H,15,18)/t10-,11-/m0/s1. The molecule has 1 heterocycles. The summed E-state index contributed by atoms with van der Waals surface area (Å²) in [6.45, 7) is 0.443. The van der Waals surface area contributed by atoms with Gasteiger partial charge in [0.25, 0.3) is 0 Å². The lowest BCUT2D eigenvalue weighted by Gasteiger charge is -2.14. The van der Waals surface area contributed by atoms with Gasteiger partial charge in [-0.05, 0) is 19.3 Å². The van der Waals surface area contributed by atoms with Crippen molar-refractivity contribution in [1.82, 2.24) is 10.2 Å². The number of amides is 3. The van der Waals surface area contributed by atoms with Gasteiger partial charge in [-0.1, -0.05) is 12.2 Å². The van der Waals surface area contributed by atoms with E-state index in [0.717, 1.165) is 0 Å². The van der Waals surface area contributed by atoms with Gasteiger partial charge >= 0.3 is 0 Å². The van der Waals surface area contributed by atoms with Gasteiger partial charge in [0.1, 0.15) is 0 Å². The zero-order chi connectivity index (χ0) is 14.5. The van der Waals surface area contributed by atoms with E-state index in [1.807, 2.05) is 12.2 Å². The average Bonchev–Trinajstić information content (AvgIpc) is 2.70. The number of nitrogens with zero attached hydrogens (tertiary/aromatic N) is 1. The van der Waals surface area contributed by atoms with Crippen LogP contribution in [0.25, 0.3) is 0 Å². The van der Waals surface area contributed by atoms with Gasteiger partial charge in [0.15, 0.2) is 0 Å². The molecular weight excluding hydrogens is 260 g/mol. The number of hydrogen-bond donors (Lipinski definition) is 2. The maximum Gasteiger partial charge on any atom is 0.233 e. The van der Waals surface area contributed by atoms with Crippen molar-refractivity contribution in [3.8, 4) is 0 Å². The molecule has 0 aromatic heterocycles. The summed E-state index contributed by atoms with van der Waals surface area (Å²) < 4.78 is 0. The van der Waals surface area contributed by atoms with E-state index in [-0.39, 0.29) is 49.1 Å². The van der Waals surface area contributed by atoms with Crippen LogP contribution >= 0.6 is 0 Å². The molecule has 1 saturated heterocycles. The van der Waals surface area contributed by atoms with Gasteiger partial charge in [0, 0.05) is 19.5 Å². The van der Waals surface area contributed by atoms with Gasteiger partial charge in [-0.2, -0.15) is 0 Å². The molecule has 0 aromatic rings. The van der Waals surface area contributed by atoms with Crippen LogP contribution in [-0.2, 0) is 14.4 Å². The first-order valence-electron chi connectivity index (χ1n) is 7.03. The predicted molar refractivity (Wildman–Crippen MR) is 71.4 cm³/mol. The Morgan fingerprint density at radius 1 is 1.25 bits per heavy atom. The summed E-state index contributed by atoms with van der Waals surface area (Å²) in [5.41, 5.74) is 0. The second-order valence-corrected chi connectivity index (χ2v) is 5.16. The number of allylic oxidation sites excluding steroid dienone is 2. The van der Waals surface area contributed by atoms with Crippen molar-refractivity contribution in [2.24, 2.45) is 11.8 Å². The molecule has 6 heteroatoms. The Kier molecular flexibility index (Phi) is 4.89. The molecule has 0 radical (unpaired) electrons. The fourth-order valence-electron chi connectivity index (χ4n) is 2.77. The number of nitrogens with one attached hydrogen (secondary N) is 1.